The number of hydrogen-bond donors (Lipinski definition) is 3. The smallest absolute Gasteiger partial charge is 0.256 e. The van der Waals surface area contributed by atoms with Gasteiger partial charge < -0.3 is 15.8 Å². The van der Waals surface area contributed by atoms with Gasteiger partial charge in [0, 0.05) is 31.6 Å². The molecule has 0 saturated carbocycles. The lowest BCUT2D eigenvalue weighted by molar-refractivity contribution is -0.133. The summed E-state index contributed by atoms with van der Waals surface area (Å²) >= 11 is 0. The molecule has 5 heterocycles. The van der Waals surface area contributed by atoms with Crippen LogP contribution in [0.3, 0.4) is 0 Å². The van der Waals surface area contributed by atoms with Gasteiger partial charge in [0.05, 0.1) is 22.8 Å². The first-order valence-corrected chi connectivity index (χ1v) is 15.1. The van der Waals surface area contributed by atoms with Crippen LogP contribution >= 0.6 is 0 Å². The van der Waals surface area contributed by atoms with Crippen LogP contribution in [0.15, 0.2) is 67.0 Å². The highest BCUT2D eigenvalue weighted by molar-refractivity contribution is 6.01. The number of imide groups is 1. The summed E-state index contributed by atoms with van der Waals surface area (Å²) in [5, 5.41) is 18.5. The zero-order valence-electron chi connectivity index (χ0n) is 24.8. The second-order valence-corrected chi connectivity index (χ2v) is 11.4. The summed E-state index contributed by atoms with van der Waals surface area (Å²) in [5.74, 6) is 0.216. The molecule has 3 aromatic heterocycles. The molecule has 14 heteroatoms. The third kappa shape index (κ3) is 6.06. The molecule has 4 N–H and O–H groups in total. The number of carbonyl (C=O) groups is 2. The number of nitrogen functional groups attached to an aromatic ring is 1. The van der Waals surface area contributed by atoms with E-state index < -0.39 is 17.9 Å². The number of nitrogens with zero attached hydrogens (tertiary/aromatic N) is 7. The first-order chi connectivity index (χ1) is 22.4. The van der Waals surface area contributed by atoms with Crippen molar-refractivity contribution in [3.05, 3.63) is 78.6 Å². The molecule has 0 aliphatic carbocycles. The topological polar surface area (TPSA) is 166 Å². The van der Waals surface area contributed by atoms with Gasteiger partial charge in [-0.15, -0.1) is 5.10 Å². The van der Waals surface area contributed by atoms with Crippen LogP contribution in [0.1, 0.15) is 37.4 Å². The number of rotatable bonds is 8. The zero-order valence-corrected chi connectivity index (χ0v) is 24.8. The van der Waals surface area contributed by atoms with E-state index in [2.05, 4.69) is 35.7 Å². The van der Waals surface area contributed by atoms with Crippen molar-refractivity contribution in [1.82, 2.24) is 40.2 Å². The number of likely N-dealkylation sites (tertiary alicyclic amines) is 1. The first-order valence-electron chi connectivity index (χ1n) is 15.1. The minimum absolute atomic E-state index is 0.0755. The number of nitrogens with two attached hydrogens (primary N) is 1. The van der Waals surface area contributed by atoms with Crippen molar-refractivity contribution < 1.29 is 18.7 Å². The van der Waals surface area contributed by atoms with Crippen LogP contribution < -0.4 is 21.1 Å². The second kappa shape index (κ2) is 12.5. The van der Waals surface area contributed by atoms with E-state index in [1.807, 2.05) is 59.3 Å². The lowest BCUT2D eigenvalue weighted by Gasteiger charge is -2.31. The van der Waals surface area contributed by atoms with Gasteiger partial charge in [-0.25, -0.2) is 14.6 Å². The number of para-hydroxylation sites is 1. The molecule has 7 rings (SSSR count). The Kier molecular flexibility index (Phi) is 7.93. The number of benzene rings is 2. The molecule has 0 spiro atoms. The molecule has 5 aromatic rings. The monoisotopic (exact) mass is 622 g/mol. The van der Waals surface area contributed by atoms with Gasteiger partial charge >= 0.3 is 0 Å². The quantitative estimate of drug-likeness (QED) is 0.215. The fraction of sp³-hybridized carbons (Fsp3) is 0.281. The summed E-state index contributed by atoms with van der Waals surface area (Å²) < 4.78 is 22.4. The molecule has 2 aliphatic rings. The fourth-order valence-corrected chi connectivity index (χ4v) is 5.92. The van der Waals surface area contributed by atoms with Crippen molar-refractivity contribution in [3.63, 3.8) is 0 Å². The van der Waals surface area contributed by atoms with Gasteiger partial charge in [-0.05, 0) is 61.7 Å². The summed E-state index contributed by atoms with van der Waals surface area (Å²) in [6, 6.07) is 18.2. The molecule has 0 radical (unpaired) electrons. The lowest BCUT2D eigenvalue weighted by atomic mass is 10.0. The number of ether oxygens (including phenoxy) is 1. The second-order valence-electron chi connectivity index (χ2n) is 11.4. The Bertz CT molecular complexity index is 1890. The van der Waals surface area contributed by atoms with Crippen LogP contribution in [-0.4, -0.2) is 65.8 Å². The Morgan fingerprint density at radius 1 is 0.978 bits per heavy atom. The molecular formula is C32H31FN10O3. The molecule has 1 atom stereocenters. The van der Waals surface area contributed by atoms with Crippen molar-refractivity contribution in [2.45, 2.75) is 44.3 Å². The molecule has 2 amide bonds. The normalized spacial score (nSPS) is 17.6. The number of aromatic nitrogens is 6. The zero-order chi connectivity index (χ0) is 31.6. The number of fused-ring (bicyclic) bond motifs is 1. The van der Waals surface area contributed by atoms with E-state index in [0.29, 0.717) is 40.5 Å². The van der Waals surface area contributed by atoms with Crippen LogP contribution in [0.2, 0.25) is 0 Å². The van der Waals surface area contributed by atoms with Crippen molar-refractivity contribution in [2.75, 3.05) is 24.1 Å². The highest BCUT2D eigenvalue weighted by Crippen LogP contribution is 2.35. The van der Waals surface area contributed by atoms with E-state index in [1.165, 1.54) is 6.33 Å². The van der Waals surface area contributed by atoms with Crippen LogP contribution in [0.4, 0.5) is 15.9 Å². The number of halogens is 1. The van der Waals surface area contributed by atoms with Crippen molar-refractivity contribution in [2.24, 2.45) is 0 Å². The van der Waals surface area contributed by atoms with Gasteiger partial charge in [0.25, 0.3) is 5.95 Å². The number of amides is 2. The molecule has 1 unspecified atom stereocenters. The van der Waals surface area contributed by atoms with Crippen LogP contribution in [0, 0.1) is 5.95 Å². The highest BCUT2D eigenvalue weighted by atomic mass is 19.1. The number of nitrogens with one attached hydrogen (secondary N) is 2. The Morgan fingerprint density at radius 2 is 1.74 bits per heavy atom. The predicted octanol–water partition coefficient (Wildman–Crippen LogP) is 3.85. The molecule has 46 heavy (non-hydrogen) atoms. The van der Waals surface area contributed by atoms with Crippen molar-refractivity contribution >= 4 is 34.4 Å². The third-order valence-corrected chi connectivity index (χ3v) is 8.28. The highest BCUT2D eigenvalue weighted by Gasteiger charge is 2.29. The Morgan fingerprint density at radius 3 is 2.50 bits per heavy atom. The Balaban J connectivity index is 1.04. The molecule has 2 aliphatic heterocycles. The van der Waals surface area contributed by atoms with Crippen LogP contribution in [0.5, 0.6) is 11.5 Å². The Hall–Kier alpha value is -5.50. The molecule has 2 fully saturated rings. The van der Waals surface area contributed by atoms with Crippen LogP contribution in [-0.2, 0) is 16.1 Å². The van der Waals surface area contributed by atoms with Crippen LogP contribution in [0.25, 0.3) is 22.3 Å². The fourth-order valence-electron chi connectivity index (χ4n) is 5.92. The number of hydrogen-bond acceptors (Lipinski definition) is 11. The standard InChI is InChI=1S/C32H31FN10O3/c33-29-25(37-24-10-11-26(44)38-32(24)45)16-20(39-40-29)17-42-14-12-21(13-15-42)43-31-27(30(34)35-18-36-31)28(41-43)19-6-8-23(9-7-19)46-22-4-2-1-3-5-22/h1-9,16,18,21,24H,10-15,17H2,(H,37,39)(H2,34,35,36)(H,38,44,45). The Labute approximate surface area is 263 Å². The summed E-state index contributed by atoms with van der Waals surface area (Å²) in [6.45, 7) is 1.94. The molecule has 2 aromatic carbocycles. The summed E-state index contributed by atoms with van der Waals surface area (Å²) in [6.07, 6.45) is 3.51. The predicted molar refractivity (Wildman–Crippen MR) is 167 cm³/mol. The maximum atomic E-state index is 14.5. The summed E-state index contributed by atoms with van der Waals surface area (Å²) in [7, 11) is 0. The van der Waals surface area contributed by atoms with E-state index in [0.717, 1.165) is 37.2 Å². The SMILES string of the molecule is Nc1ncnc2c1c(-c1ccc(Oc3ccccc3)cc1)nn2C1CCN(Cc2cc(NC3CCC(=O)NC3=O)c(F)nn2)CC1. The number of piperidine rings is 2. The molecule has 234 valence electrons. The van der Waals surface area contributed by atoms with Crippen molar-refractivity contribution in [1.29, 1.82) is 0 Å². The van der Waals surface area contributed by atoms with Gasteiger partial charge in [0.1, 0.15) is 35.4 Å². The van der Waals surface area contributed by atoms with E-state index >= 15 is 0 Å². The minimum Gasteiger partial charge on any atom is -0.457 e. The molecule has 13 nitrogen and oxygen atoms in total. The minimum atomic E-state index is -0.798. The summed E-state index contributed by atoms with van der Waals surface area (Å²) in [5.41, 5.74) is 9.27. The third-order valence-electron chi connectivity index (χ3n) is 8.28. The van der Waals surface area contributed by atoms with Gasteiger partial charge in [-0.2, -0.15) is 14.6 Å². The van der Waals surface area contributed by atoms with Gasteiger partial charge in [0.2, 0.25) is 11.8 Å². The number of carbonyl (C=O) groups excluding carboxylic acids is 2. The maximum Gasteiger partial charge on any atom is 0.256 e. The molecule has 2 saturated heterocycles. The van der Waals surface area contributed by atoms with E-state index in [-0.39, 0.29) is 30.5 Å². The van der Waals surface area contributed by atoms with E-state index in [4.69, 9.17) is 15.6 Å². The average Bonchev–Trinajstić information content (AvgIpc) is 3.46. The molecule has 0 bridgehead atoms. The largest absolute Gasteiger partial charge is 0.457 e. The van der Waals surface area contributed by atoms with E-state index in [1.54, 1.807) is 6.07 Å². The lowest BCUT2D eigenvalue weighted by Crippen LogP contribution is -2.47. The maximum absolute atomic E-state index is 14.5. The number of anilines is 2. The van der Waals surface area contributed by atoms with Gasteiger partial charge in [0.15, 0.2) is 5.65 Å². The summed E-state index contributed by atoms with van der Waals surface area (Å²) in [4.78, 5) is 34.6. The first kappa shape index (κ1) is 29.2. The average molecular weight is 623 g/mol. The van der Waals surface area contributed by atoms with E-state index in [9.17, 15) is 14.0 Å². The van der Waals surface area contributed by atoms with Crippen molar-refractivity contribution in [3.8, 4) is 22.8 Å². The van der Waals surface area contributed by atoms with Gasteiger partial charge in [-0.3, -0.25) is 19.8 Å². The van der Waals surface area contributed by atoms with Gasteiger partial charge in [-0.1, -0.05) is 18.2 Å². The molecular weight excluding hydrogens is 591 g/mol.